The molecule has 2 N–H and O–H groups in total. The van der Waals surface area contributed by atoms with Crippen molar-refractivity contribution in [1.82, 2.24) is 4.90 Å². The van der Waals surface area contributed by atoms with Crippen LogP contribution in [0.25, 0.3) is 0 Å². The first-order chi connectivity index (χ1) is 7.61. The number of nitrogens with zero attached hydrogens (tertiary/aromatic N) is 1. The number of hydrogen-bond acceptors (Lipinski definition) is 2. The molecule has 0 aliphatic carbocycles. The van der Waals surface area contributed by atoms with Gasteiger partial charge in [0.15, 0.2) is 0 Å². The van der Waals surface area contributed by atoms with Gasteiger partial charge in [-0.05, 0) is 43.6 Å². The van der Waals surface area contributed by atoms with Crippen LogP contribution in [-0.2, 0) is 6.42 Å². The summed E-state index contributed by atoms with van der Waals surface area (Å²) in [7, 11) is 2.16. The second-order valence-corrected chi connectivity index (χ2v) is 5.40. The van der Waals surface area contributed by atoms with Crippen molar-refractivity contribution >= 4 is 15.9 Å². The zero-order valence-electron chi connectivity index (χ0n) is 10.1. The highest BCUT2D eigenvalue weighted by Crippen LogP contribution is 2.11. The Morgan fingerprint density at radius 3 is 2.50 bits per heavy atom. The molecule has 0 saturated carbocycles. The van der Waals surface area contributed by atoms with Gasteiger partial charge in [0.05, 0.1) is 0 Å². The summed E-state index contributed by atoms with van der Waals surface area (Å²) in [5.74, 6) is 0.579. The molecule has 3 heteroatoms. The van der Waals surface area contributed by atoms with Crippen LogP contribution in [0, 0.1) is 5.92 Å². The van der Waals surface area contributed by atoms with E-state index in [1.54, 1.807) is 0 Å². The summed E-state index contributed by atoms with van der Waals surface area (Å²) >= 11 is 3.44. The van der Waals surface area contributed by atoms with Crippen molar-refractivity contribution in [2.75, 3.05) is 26.7 Å². The van der Waals surface area contributed by atoms with Gasteiger partial charge < -0.3 is 10.6 Å². The predicted octanol–water partition coefficient (Wildman–Crippen LogP) is 2.52. The molecular weight excluding hydrogens is 264 g/mol. The highest BCUT2D eigenvalue weighted by atomic mass is 79.9. The van der Waals surface area contributed by atoms with E-state index in [2.05, 4.69) is 59.1 Å². The summed E-state index contributed by atoms with van der Waals surface area (Å²) < 4.78 is 1.14. The van der Waals surface area contributed by atoms with Crippen molar-refractivity contribution in [2.45, 2.75) is 13.3 Å². The second-order valence-electron chi connectivity index (χ2n) is 4.48. The zero-order chi connectivity index (χ0) is 12.0. The Hall–Kier alpha value is -0.380. The molecule has 0 aliphatic rings. The minimum absolute atomic E-state index is 0.579. The number of rotatable bonds is 6. The smallest absolute Gasteiger partial charge is 0.0175 e. The van der Waals surface area contributed by atoms with E-state index >= 15 is 0 Å². The average Bonchev–Trinajstić information content (AvgIpc) is 2.28. The van der Waals surface area contributed by atoms with Crippen LogP contribution in [0.2, 0.25) is 0 Å². The van der Waals surface area contributed by atoms with Crippen LogP contribution in [0.15, 0.2) is 28.7 Å². The lowest BCUT2D eigenvalue weighted by molar-refractivity contribution is 0.292. The summed E-state index contributed by atoms with van der Waals surface area (Å²) in [5, 5.41) is 0. The van der Waals surface area contributed by atoms with E-state index in [-0.39, 0.29) is 0 Å². The summed E-state index contributed by atoms with van der Waals surface area (Å²) in [6, 6.07) is 8.53. The molecular formula is C13H21BrN2. The van der Waals surface area contributed by atoms with Crippen molar-refractivity contribution < 1.29 is 0 Å². The van der Waals surface area contributed by atoms with E-state index in [9.17, 15) is 0 Å². The highest BCUT2D eigenvalue weighted by molar-refractivity contribution is 9.10. The van der Waals surface area contributed by atoms with E-state index in [1.807, 2.05) is 0 Å². The van der Waals surface area contributed by atoms with Crippen LogP contribution in [-0.4, -0.2) is 31.6 Å². The lowest BCUT2D eigenvalue weighted by Gasteiger charge is -2.20. The number of halogens is 1. The van der Waals surface area contributed by atoms with Crippen molar-refractivity contribution in [3.63, 3.8) is 0 Å². The molecule has 0 bridgehead atoms. The Kier molecular flexibility index (Phi) is 6.03. The summed E-state index contributed by atoms with van der Waals surface area (Å²) in [6.07, 6.45) is 1.10. The van der Waals surface area contributed by atoms with Crippen LogP contribution in [0.3, 0.4) is 0 Å². The van der Waals surface area contributed by atoms with Crippen molar-refractivity contribution in [3.05, 3.63) is 34.3 Å². The number of likely N-dealkylation sites (N-methyl/N-ethyl adjacent to an activating group) is 1. The van der Waals surface area contributed by atoms with Crippen LogP contribution >= 0.6 is 15.9 Å². The molecule has 0 aromatic heterocycles. The molecule has 1 atom stereocenters. The fourth-order valence-electron chi connectivity index (χ4n) is 1.67. The third-order valence-electron chi connectivity index (χ3n) is 2.72. The predicted molar refractivity (Wildman–Crippen MR) is 73.6 cm³/mol. The Morgan fingerprint density at radius 2 is 1.94 bits per heavy atom. The largest absolute Gasteiger partial charge is 0.330 e. The van der Waals surface area contributed by atoms with E-state index < -0.39 is 0 Å². The fourth-order valence-corrected chi connectivity index (χ4v) is 1.93. The van der Waals surface area contributed by atoms with Gasteiger partial charge in [-0.2, -0.15) is 0 Å². The van der Waals surface area contributed by atoms with Crippen LogP contribution in [0.4, 0.5) is 0 Å². The topological polar surface area (TPSA) is 29.3 Å². The maximum absolute atomic E-state index is 5.61. The zero-order valence-corrected chi connectivity index (χ0v) is 11.7. The van der Waals surface area contributed by atoms with Gasteiger partial charge in [-0.3, -0.25) is 0 Å². The maximum atomic E-state index is 5.61. The minimum Gasteiger partial charge on any atom is -0.330 e. The van der Waals surface area contributed by atoms with Gasteiger partial charge >= 0.3 is 0 Å². The lowest BCUT2D eigenvalue weighted by atomic mass is 10.1. The molecule has 0 saturated heterocycles. The van der Waals surface area contributed by atoms with Crippen molar-refractivity contribution in [1.29, 1.82) is 0 Å². The van der Waals surface area contributed by atoms with Gasteiger partial charge in [0, 0.05) is 17.6 Å². The Balaban J connectivity index is 2.31. The number of hydrogen-bond donors (Lipinski definition) is 1. The third-order valence-corrected chi connectivity index (χ3v) is 3.25. The van der Waals surface area contributed by atoms with E-state index in [1.165, 1.54) is 5.56 Å². The molecule has 16 heavy (non-hydrogen) atoms. The van der Waals surface area contributed by atoms with Crippen LogP contribution in [0.1, 0.15) is 12.5 Å². The molecule has 0 aliphatic heterocycles. The van der Waals surface area contributed by atoms with Gasteiger partial charge in [0.2, 0.25) is 0 Å². The molecule has 1 unspecified atom stereocenters. The van der Waals surface area contributed by atoms with Crippen molar-refractivity contribution in [2.24, 2.45) is 11.7 Å². The standard InChI is InChI=1S/C13H21BrN2/c1-11(9-15)10-16(2)8-7-12-3-5-13(14)6-4-12/h3-6,11H,7-10,15H2,1-2H3. The average molecular weight is 285 g/mol. The molecule has 0 spiro atoms. The van der Waals surface area contributed by atoms with Gasteiger partial charge in [-0.1, -0.05) is 35.0 Å². The minimum atomic E-state index is 0.579. The first-order valence-corrected chi connectivity index (χ1v) is 6.54. The van der Waals surface area contributed by atoms with Crippen LogP contribution < -0.4 is 5.73 Å². The second kappa shape index (κ2) is 7.05. The molecule has 1 aromatic carbocycles. The first kappa shape index (κ1) is 13.7. The van der Waals surface area contributed by atoms with E-state index in [0.29, 0.717) is 5.92 Å². The summed E-state index contributed by atoms with van der Waals surface area (Å²) in [4.78, 5) is 2.35. The Labute approximate surface area is 107 Å². The molecule has 1 aromatic rings. The van der Waals surface area contributed by atoms with E-state index in [0.717, 1.165) is 30.5 Å². The highest BCUT2D eigenvalue weighted by Gasteiger charge is 2.04. The summed E-state index contributed by atoms with van der Waals surface area (Å²) in [5.41, 5.74) is 7.00. The van der Waals surface area contributed by atoms with Gasteiger partial charge in [0.25, 0.3) is 0 Å². The quantitative estimate of drug-likeness (QED) is 0.870. The monoisotopic (exact) mass is 284 g/mol. The molecule has 2 nitrogen and oxygen atoms in total. The SMILES string of the molecule is CC(CN)CN(C)CCc1ccc(Br)cc1. The number of nitrogens with two attached hydrogens (primary N) is 1. The Morgan fingerprint density at radius 1 is 1.31 bits per heavy atom. The van der Waals surface area contributed by atoms with Gasteiger partial charge in [0.1, 0.15) is 0 Å². The van der Waals surface area contributed by atoms with Crippen molar-refractivity contribution in [3.8, 4) is 0 Å². The maximum Gasteiger partial charge on any atom is 0.0175 e. The first-order valence-electron chi connectivity index (χ1n) is 5.75. The number of benzene rings is 1. The molecule has 0 heterocycles. The fraction of sp³-hybridized carbons (Fsp3) is 0.538. The molecule has 0 amide bonds. The Bertz CT molecular complexity index is 297. The van der Waals surface area contributed by atoms with Crippen LogP contribution in [0.5, 0.6) is 0 Å². The van der Waals surface area contributed by atoms with Gasteiger partial charge in [-0.25, -0.2) is 0 Å². The van der Waals surface area contributed by atoms with E-state index in [4.69, 9.17) is 5.73 Å². The molecule has 0 fully saturated rings. The lowest BCUT2D eigenvalue weighted by Crippen LogP contribution is -2.29. The van der Waals surface area contributed by atoms with Gasteiger partial charge in [-0.15, -0.1) is 0 Å². The normalized spacial score (nSPS) is 13.1. The summed E-state index contributed by atoms with van der Waals surface area (Å²) in [6.45, 7) is 5.12. The molecule has 1 rings (SSSR count). The third kappa shape index (κ3) is 5.10. The molecule has 90 valence electrons. The molecule has 0 radical (unpaired) electrons.